The van der Waals surface area contributed by atoms with Gasteiger partial charge in [-0.05, 0) is 62.6 Å². The Labute approximate surface area is 206 Å². The first-order chi connectivity index (χ1) is 17.0. The van der Waals surface area contributed by atoms with Gasteiger partial charge in [-0.3, -0.25) is 20.1 Å². The minimum Gasteiger partial charge on any atom is -0.494 e. The molecule has 0 aliphatic carbocycles. The molecule has 0 amide bonds. The number of unbranched alkanes of at least 4 members (excludes halogenated alkanes) is 2. The van der Waals surface area contributed by atoms with Gasteiger partial charge in [0.05, 0.1) is 18.5 Å². The van der Waals surface area contributed by atoms with Crippen LogP contribution >= 0.6 is 0 Å². The average Bonchev–Trinajstić information content (AvgIpc) is 2.97. The van der Waals surface area contributed by atoms with E-state index in [9.17, 15) is 8.78 Å². The van der Waals surface area contributed by atoms with Crippen molar-refractivity contribution in [2.24, 2.45) is 5.73 Å². The molecule has 35 heavy (non-hydrogen) atoms. The largest absolute Gasteiger partial charge is 0.494 e. The van der Waals surface area contributed by atoms with E-state index in [-0.39, 0.29) is 12.2 Å². The maximum Gasteiger partial charge on any atom is 0.196 e. The van der Waals surface area contributed by atoms with Crippen molar-refractivity contribution in [2.75, 3.05) is 30.9 Å². The highest BCUT2D eigenvalue weighted by atomic mass is 19.2. The summed E-state index contributed by atoms with van der Waals surface area (Å²) in [5.41, 5.74) is 12.2. The molecule has 0 aliphatic heterocycles. The third-order valence-corrected chi connectivity index (χ3v) is 5.28. The van der Waals surface area contributed by atoms with Gasteiger partial charge in [0.1, 0.15) is 5.83 Å². The number of nitrogens with zero attached hydrogens (tertiary/aromatic N) is 3. The lowest BCUT2D eigenvalue weighted by atomic mass is 10.1. The first-order valence-electron chi connectivity index (χ1n) is 11.8. The van der Waals surface area contributed by atoms with Crippen LogP contribution in [-0.4, -0.2) is 34.8 Å². The fourth-order valence-electron chi connectivity index (χ4n) is 3.40. The average molecular weight is 487 g/mol. The molecular formula is C26H36F2N6O. The van der Waals surface area contributed by atoms with Gasteiger partial charge in [-0.25, -0.2) is 8.78 Å². The number of allylic oxidation sites excluding steroid dienone is 3. The van der Waals surface area contributed by atoms with E-state index in [1.807, 2.05) is 18.2 Å². The van der Waals surface area contributed by atoms with E-state index in [1.54, 1.807) is 24.0 Å². The number of methoxy groups -OCH3 is 1. The summed E-state index contributed by atoms with van der Waals surface area (Å²) in [5.74, 6) is -2.17. The van der Waals surface area contributed by atoms with E-state index in [2.05, 4.69) is 27.6 Å². The number of halogens is 2. The summed E-state index contributed by atoms with van der Waals surface area (Å²) in [6.45, 7) is 5.26. The van der Waals surface area contributed by atoms with Crippen LogP contribution in [-0.2, 0) is 17.6 Å². The SMILES string of the molecule is C/C=C(OC)\C(F)=C(\F)Cc1cnccnccn1Nc1ccc(NCCCCCN)c(CC)c1. The second-order valence-electron chi connectivity index (χ2n) is 7.75. The smallest absolute Gasteiger partial charge is 0.196 e. The van der Waals surface area contributed by atoms with Gasteiger partial charge in [-0.1, -0.05) is 13.3 Å². The van der Waals surface area contributed by atoms with Gasteiger partial charge < -0.3 is 15.8 Å². The minimum absolute atomic E-state index is 0.160. The number of hydrogen-bond donors (Lipinski definition) is 3. The van der Waals surface area contributed by atoms with E-state index in [0.29, 0.717) is 12.2 Å². The fourth-order valence-corrected chi connectivity index (χ4v) is 3.40. The number of benzene rings is 1. The molecule has 2 aromatic rings. The second kappa shape index (κ2) is 15.4. The minimum atomic E-state index is -1.05. The van der Waals surface area contributed by atoms with E-state index in [4.69, 9.17) is 10.5 Å². The Hall–Kier alpha value is -3.46. The molecule has 7 nitrogen and oxygen atoms in total. The lowest BCUT2D eigenvalue weighted by Gasteiger charge is -2.17. The first kappa shape index (κ1) is 27.8. The fraction of sp³-hybridized carbons (Fsp3) is 0.385. The zero-order valence-electron chi connectivity index (χ0n) is 20.7. The summed E-state index contributed by atoms with van der Waals surface area (Å²) in [4.78, 5) is 8.22. The van der Waals surface area contributed by atoms with Gasteiger partial charge in [0.2, 0.25) is 0 Å². The van der Waals surface area contributed by atoms with Crippen molar-refractivity contribution in [3.8, 4) is 0 Å². The summed E-state index contributed by atoms with van der Waals surface area (Å²) in [6, 6.07) is 5.98. The monoisotopic (exact) mass is 486 g/mol. The number of hydrogen-bond acceptors (Lipinski definition) is 6. The van der Waals surface area contributed by atoms with E-state index < -0.39 is 11.7 Å². The summed E-state index contributed by atoms with van der Waals surface area (Å²) in [6.07, 6.45) is 12.7. The quantitative estimate of drug-likeness (QED) is 0.193. The topological polar surface area (TPSA) is 90.0 Å². The molecule has 0 unspecified atom stereocenters. The van der Waals surface area contributed by atoms with Crippen LogP contribution < -0.4 is 16.5 Å². The van der Waals surface area contributed by atoms with Crippen molar-refractivity contribution in [3.63, 3.8) is 0 Å². The highest BCUT2D eigenvalue weighted by molar-refractivity contribution is 5.59. The molecular weight excluding hydrogens is 450 g/mol. The highest BCUT2D eigenvalue weighted by Crippen LogP contribution is 2.24. The molecule has 0 aliphatic rings. The van der Waals surface area contributed by atoms with Crippen molar-refractivity contribution in [1.82, 2.24) is 14.6 Å². The Morgan fingerprint density at radius 1 is 1.14 bits per heavy atom. The van der Waals surface area contributed by atoms with Crippen LogP contribution in [0, 0.1) is 0 Å². The van der Waals surface area contributed by atoms with Crippen molar-refractivity contribution < 1.29 is 13.5 Å². The molecule has 0 atom stereocenters. The van der Waals surface area contributed by atoms with Crippen LogP contribution in [0.4, 0.5) is 20.2 Å². The Morgan fingerprint density at radius 2 is 1.94 bits per heavy atom. The molecule has 0 saturated carbocycles. The predicted molar refractivity (Wildman–Crippen MR) is 138 cm³/mol. The van der Waals surface area contributed by atoms with Gasteiger partial charge in [0.25, 0.3) is 0 Å². The second-order valence-corrected chi connectivity index (χ2v) is 7.75. The zero-order valence-corrected chi connectivity index (χ0v) is 20.7. The van der Waals surface area contributed by atoms with E-state index >= 15 is 0 Å². The number of anilines is 2. The zero-order chi connectivity index (χ0) is 25.5. The summed E-state index contributed by atoms with van der Waals surface area (Å²) in [5, 5.41) is 3.49. The van der Waals surface area contributed by atoms with E-state index in [1.165, 1.54) is 31.8 Å². The van der Waals surface area contributed by atoms with Crippen LogP contribution in [0.25, 0.3) is 0 Å². The molecule has 4 N–H and O–H groups in total. The lowest BCUT2D eigenvalue weighted by molar-refractivity contribution is 0.277. The summed E-state index contributed by atoms with van der Waals surface area (Å²) >= 11 is 0. The molecule has 190 valence electrons. The number of aromatic nitrogens is 3. The Bertz CT molecular complexity index is 1050. The van der Waals surface area contributed by atoms with Crippen LogP contribution in [0.3, 0.4) is 0 Å². The number of rotatable bonds is 13. The molecule has 0 bridgehead atoms. The van der Waals surface area contributed by atoms with Gasteiger partial charge in [-0.15, -0.1) is 0 Å². The Balaban J connectivity index is 2.33. The summed E-state index contributed by atoms with van der Waals surface area (Å²) < 4.78 is 35.8. The van der Waals surface area contributed by atoms with Crippen molar-refractivity contribution >= 4 is 11.4 Å². The third-order valence-electron chi connectivity index (χ3n) is 5.28. The molecule has 1 aromatic heterocycles. The maximum atomic E-state index is 14.8. The van der Waals surface area contributed by atoms with Gasteiger partial charge in [0.15, 0.2) is 11.6 Å². The molecule has 9 heteroatoms. The number of ether oxygens (including phenoxy) is 1. The number of aryl methyl sites for hydroxylation is 1. The first-order valence-corrected chi connectivity index (χ1v) is 11.8. The van der Waals surface area contributed by atoms with Gasteiger partial charge in [-0.2, -0.15) is 0 Å². The van der Waals surface area contributed by atoms with Crippen molar-refractivity contribution in [1.29, 1.82) is 0 Å². The molecule has 0 radical (unpaired) electrons. The van der Waals surface area contributed by atoms with Crippen LogP contribution in [0.5, 0.6) is 0 Å². The highest BCUT2D eigenvalue weighted by Gasteiger charge is 2.14. The molecule has 0 saturated heterocycles. The molecule has 1 heterocycles. The number of nitrogens with one attached hydrogen (secondary N) is 2. The molecule has 2 rings (SSSR count). The third kappa shape index (κ3) is 9.01. The standard InChI is InChI=1S/C26H36F2N6O/c1-4-20-17-21(9-10-24(20)32-12-8-6-7-11-29)33-34-16-15-30-13-14-31-19-22(34)18-23(27)26(28)25(5-2)35-3/h5,9-10,13-17,19,32-33H,4,6-8,11-12,18,29H2,1-3H3/b16-15?,22-19?,25-5+,26-23-,30-13?,31-14?. The molecule has 0 fully saturated rings. The van der Waals surface area contributed by atoms with Crippen LogP contribution in [0.2, 0.25) is 0 Å². The summed E-state index contributed by atoms with van der Waals surface area (Å²) in [7, 11) is 1.30. The van der Waals surface area contributed by atoms with Crippen molar-refractivity contribution in [2.45, 2.75) is 46.0 Å². The van der Waals surface area contributed by atoms with E-state index in [0.717, 1.165) is 49.2 Å². The Morgan fingerprint density at radius 3 is 2.66 bits per heavy atom. The van der Waals surface area contributed by atoms with Crippen LogP contribution in [0.15, 0.2) is 72.7 Å². The van der Waals surface area contributed by atoms with Gasteiger partial charge >= 0.3 is 0 Å². The predicted octanol–water partition coefficient (Wildman–Crippen LogP) is 5.62. The maximum absolute atomic E-state index is 14.8. The molecule has 1 aromatic carbocycles. The van der Waals surface area contributed by atoms with Gasteiger partial charge in [0, 0.05) is 49.6 Å². The molecule has 0 spiro atoms. The Kier molecular flexibility index (Phi) is 12.3. The van der Waals surface area contributed by atoms with Crippen molar-refractivity contribution in [3.05, 3.63) is 83.9 Å². The number of nitrogens with two attached hydrogens (primary N) is 1. The normalized spacial score (nSPS) is 12.0. The van der Waals surface area contributed by atoms with Crippen LogP contribution in [0.1, 0.15) is 44.4 Å². The lowest BCUT2D eigenvalue weighted by Crippen LogP contribution is -2.14.